The number of aromatic amines is 1. The molecule has 12 nitrogen and oxygen atoms in total. The number of aromatic nitrogens is 2. The summed E-state index contributed by atoms with van der Waals surface area (Å²) in [7, 11) is -4.41. The number of H-pyrrole nitrogens is 1. The zero-order valence-corrected chi connectivity index (χ0v) is 29.4. The molecular weight excluding hydrogens is 717 g/mol. The van der Waals surface area contributed by atoms with E-state index in [0.717, 1.165) is 23.8 Å². The van der Waals surface area contributed by atoms with Gasteiger partial charge in [-0.15, -0.1) is 0 Å². The molecule has 1 fully saturated rings. The summed E-state index contributed by atoms with van der Waals surface area (Å²) in [6.45, 7) is 1.82. The molecule has 1 aromatic heterocycles. The van der Waals surface area contributed by atoms with Crippen LogP contribution in [0.5, 0.6) is 5.75 Å². The molecule has 1 aliphatic heterocycles. The lowest BCUT2D eigenvalue weighted by Crippen LogP contribution is -2.40. The first kappa shape index (κ1) is 36.4. The van der Waals surface area contributed by atoms with E-state index in [1.54, 1.807) is 12.1 Å². The highest BCUT2D eigenvalue weighted by molar-refractivity contribution is 9.11. The second-order valence-corrected chi connectivity index (χ2v) is 13.8. The topological polar surface area (TPSA) is 158 Å². The van der Waals surface area contributed by atoms with Gasteiger partial charge in [-0.1, -0.05) is 102 Å². The lowest BCUT2D eigenvalue weighted by atomic mass is 10.1. The van der Waals surface area contributed by atoms with Crippen molar-refractivity contribution in [1.82, 2.24) is 14.6 Å². The van der Waals surface area contributed by atoms with Gasteiger partial charge in [0.25, 0.3) is 5.56 Å². The third-order valence-electron chi connectivity index (χ3n) is 8.00. The van der Waals surface area contributed by atoms with Gasteiger partial charge in [0.1, 0.15) is 24.1 Å². The lowest BCUT2D eigenvalue weighted by molar-refractivity contribution is -0.146. The number of nitrogens with zero attached hydrogens (tertiary/aromatic N) is 1. The standard InChI is InChI=1S/C35H39BrN3O9P/c1-2-3-9-19-45-34(42)28(20-24-11-5-4-6-12-24)38-49(44,48-30-16-10-14-25-13-7-8-15-27(25)30)46-23-31-29(40)21-32(47-31)39-22-26(17-18-36)33(41)37-35(39)43/h4-8,10-18,22,28-29,31-32,40H,2-3,9,19-21,23H2,1H3,(H,38,44)(H,37,41,43)/b18-17+/t28-,29-,31+,32+,49?/m0/s1. The van der Waals surface area contributed by atoms with Crippen molar-refractivity contribution in [3.63, 3.8) is 0 Å². The third kappa shape index (κ3) is 9.66. The summed E-state index contributed by atoms with van der Waals surface area (Å²) >= 11 is 3.12. The lowest BCUT2D eigenvalue weighted by Gasteiger charge is -2.26. The second-order valence-electron chi connectivity index (χ2n) is 11.6. The van der Waals surface area contributed by atoms with Crippen molar-refractivity contribution >= 4 is 46.5 Å². The van der Waals surface area contributed by atoms with E-state index < -0.39 is 56.0 Å². The number of rotatable bonds is 16. The van der Waals surface area contributed by atoms with Crippen molar-refractivity contribution in [2.75, 3.05) is 13.2 Å². The van der Waals surface area contributed by atoms with Crippen molar-refractivity contribution < 1.29 is 33.0 Å². The fraction of sp³-hybridized carbons (Fsp3) is 0.343. The first-order valence-electron chi connectivity index (χ1n) is 16.1. The molecule has 3 N–H and O–H groups in total. The van der Waals surface area contributed by atoms with E-state index in [9.17, 15) is 24.1 Å². The Morgan fingerprint density at radius 3 is 2.65 bits per heavy atom. The number of esters is 1. The molecule has 1 aliphatic rings. The van der Waals surface area contributed by atoms with Gasteiger partial charge in [0.15, 0.2) is 0 Å². The van der Waals surface area contributed by atoms with Crippen molar-refractivity contribution in [3.8, 4) is 5.75 Å². The van der Waals surface area contributed by atoms with Crippen molar-refractivity contribution in [2.24, 2.45) is 0 Å². The number of ether oxygens (including phenoxy) is 2. The van der Waals surface area contributed by atoms with Crippen LogP contribution in [0.15, 0.2) is 93.6 Å². The van der Waals surface area contributed by atoms with Gasteiger partial charge >= 0.3 is 19.4 Å². The molecule has 5 atom stereocenters. The van der Waals surface area contributed by atoms with Gasteiger partial charge in [-0.2, -0.15) is 5.09 Å². The van der Waals surface area contributed by atoms with E-state index in [1.165, 1.54) is 21.8 Å². The van der Waals surface area contributed by atoms with Gasteiger partial charge in [-0.3, -0.25) is 23.7 Å². The maximum Gasteiger partial charge on any atom is 0.459 e. The van der Waals surface area contributed by atoms with E-state index in [2.05, 4.69) is 26.0 Å². The number of benzene rings is 3. The molecule has 2 heterocycles. The molecule has 3 aromatic carbocycles. The minimum atomic E-state index is -4.41. The number of fused-ring (bicyclic) bond motifs is 1. The second kappa shape index (κ2) is 17.2. The van der Waals surface area contributed by atoms with Gasteiger partial charge in [-0.25, -0.2) is 9.36 Å². The van der Waals surface area contributed by atoms with Crippen LogP contribution < -0.4 is 20.9 Å². The number of hydrogen-bond donors (Lipinski definition) is 3. The molecule has 14 heteroatoms. The number of nitrogens with one attached hydrogen (secondary N) is 2. The summed E-state index contributed by atoms with van der Waals surface area (Å²) in [6.07, 6.45) is 2.31. The molecule has 260 valence electrons. The highest BCUT2D eigenvalue weighted by atomic mass is 79.9. The fourth-order valence-corrected chi connectivity index (χ4v) is 7.26. The number of carbonyl (C=O) groups is 1. The Kier molecular flexibility index (Phi) is 12.8. The van der Waals surface area contributed by atoms with Crippen LogP contribution in [-0.2, 0) is 29.8 Å². The van der Waals surface area contributed by atoms with E-state index in [0.29, 0.717) is 11.8 Å². The summed E-state index contributed by atoms with van der Waals surface area (Å²) in [5.74, 6) is -0.366. The predicted molar refractivity (Wildman–Crippen MR) is 190 cm³/mol. The van der Waals surface area contributed by atoms with Crippen LogP contribution >= 0.6 is 23.7 Å². The van der Waals surface area contributed by atoms with Crippen LogP contribution in [0.4, 0.5) is 0 Å². The number of hydrogen-bond acceptors (Lipinski definition) is 9. The Balaban J connectivity index is 1.41. The Morgan fingerprint density at radius 1 is 1.12 bits per heavy atom. The van der Waals surface area contributed by atoms with Gasteiger partial charge < -0.3 is 19.1 Å². The first-order chi connectivity index (χ1) is 23.7. The number of carbonyl (C=O) groups excluding carboxylic acids is 1. The molecule has 49 heavy (non-hydrogen) atoms. The fourth-order valence-electron chi connectivity index (χ4n) is 5.45. The highest BCUT2D eigenvalue weighted by Gasteiger charge is 2.40. The smallest absolute Gasteiger partial charge is 0.459 e. The molecule has 0 spiro atoms. The summed E-state index contributed by atoms with van der Waals surface area (Å²) < 4.78 is 39.6. The van der Waals surface area contributed by atoms with E-state index in [1.807, 2.05) is 67.6 Å². The Morgan fingerprint density at radius 2 is 1.88 bits per heavy atom. The Labute approximate surface area is 291 Å². The van der Waals surface area contributed by atoms with E-state index >= 15 is 0 Å². The van der Waals surface area contributed by atoms with E-state index in [4.69, 9.17) is 18.5 Å². The normalized spacial score (nSPS) is 19.5. The maximum atomic E-state index is 14.7. The molecule has 5 rings (SSSR count). The first-order valence-corrected chi connectivity index (χ1v) is 18.5. The molecule has 0 radical (unpaired) electrons. The monoisotopic (exact) mass is 755 g/mol. The Bertz CT molecular complexity index is 1910. The quantitative estimate of drug-likeness (QED) is 0.0721. The summed E-state index contributed by atoms with van der Waals surface area (Å²) in [5, 5.41) is 15.3. The molecular formula is C35H39BrN3O9P. The Hall–Kier alpha value is -3.84. The predicted octanol–water partition coefficient (Wildman–Crippen LogP) is 5.84. The third-order valence-corrected chi connectivity index (χ3v) is 9.82. The van der Waals surface area contributed by atoms with Crippen molar-refractivity contribution in [3.05, 3.63) is 116 Å². The average Bonchev–Trinajstić information content (AvgIpc) is 3.47. The van der Waals surface area contributed by atoms with E-state index in [-0.39, 0.29) is 30.8 Å². The van der Waals surface area contributed by atoms with Crippen LogP contribution in [0.25, 0.3) is 16.8 Å². The number of aliphatic hydroxyl groups excluding tert-OH is 1. The zero-order valence-electron chi connectivity index (χ0n) is 26.9. The largest absolute Gasteiger partial charge is 0.465 e. The average molecular weight is 757 g/mol. The molecule has 1 unspecified atom stereocenters. The van der Waals surface area contributed by atoms with Gasteiger partial charge in [0.2, 0.25) is 0 Å². The van der Waals surface area contributed by atoms with Crippen LogP contribution in [0, 0.1) is 0 Å². The number of halogens is 1. The van der Waals surface area contributed by atoms with Gasteiger partial charge in [-0.05, 0) is 40.9 Å². The molecule has 0 saturated carbocycles. The maximum absolute atomic E-state index is 14.7. The zero-order chi connectivity index (χ0) is 34.8. The van der Waals surface area contributed by atoms with Crippen LogP contribution in [0.2, 0.25) is 0 Å². The summed E-state index contributed by atoms with van der Waals surface area (Å²) in [6, 6.07) is 20.8. The van der Waals surface area contributed by atoms with Gasteiger partial charge in [0.05, 0.1) is 24.9 Å². The summed E-state index contributed by atoms with van der Waals surface area (Å²) in [5.41, 5.74) is -0.317. The number of aliphatic hydroxyl groups is 1. The molecule has 0 amide bonds. The van der Waals surface area contributed by atoms with Crippen LogP contribution in [0.3, 0.4) is 0 Å². The molecule has 4 aromatic rings. The van der Waals surface area contributed by atoms with Crippen LogP contribution in [-0.4, -0.2) is 52.1 Å². The minimum absolute atomic E-state index is 0.0138. The van der Waals surface area contributed by atoms with Crippen molar-refractivity contribution in [1.29, 1.82) is 0 Å². The minimum Gasteiger partial charge on any atom is -0.465 e. The van der Waals surface area contributed by atoms with Crippen molar-refractivity contribution in [2.45, 2.75) is 63.5 Å². The molecule has 1 saturated heterocycles. The summed E-state index contributed by atoms with van der Waals surface area (Å²) in [4.78, 5) is 42.0. The molecule has 0 aliphatic carbocycles. The molecule has 0 bridgehead atoms. The highest BCUT2D eigenvalue weighted by Crippen LogP contribution is 2.48. The number of unbranched alkanes of at least 4 members (excludes halogenated alkanes) is 2. The van der Waals surface area contributed by atoms with Gasteiger partial charge in [0, 0.05) is 18.0 Å². The van der Waals surface area contributed by atoms with Crippen LogP contribution in [0.1, 0.15) is 50.0 Å². The SMILES string of the molecule is CCCCCOC(=O)[C@H](Cc1ccccc1)NP(=O)(OC[C@H]1O[C@@H](n2cc(/C=C/Br)c(=O)[nH]c2=O)C[C@@H]1O)Oc1cccc2ccccc12.